The molecule has 2 rings (SSSR count). The van der Waals surface area contributed by atoms with Gasteiger partial charge in [0, 0.05) is 38.6 Å². The average molecular weight is 481 g/mol. The summed E-state index contributed by atoms with van der Waals surface area (Å²) in [6.45, 7) is 4.71. The van der Waals surface area contributed by atoms with Crippen molar-refractivity contribution in [2.75, 3.05) is 26.2 Å². The molecule has 0 bridgehead atoms. The third-order valence-corrected chi connectivity index (χ3v) is 3.71. The molecule has 2 aromatic rings. The lowest BCUT2D eigenvalue weighted by molar-refractivity contribution is 0.0954. The number of aromatic nitrogens is 1. The highest BCUT2D eigenvalue weighted by Gasteiger charge is 2.04. The first kappa shape index (κ1) is 22.9. The van der Waals surface area contributed by atoms with Crippen molar-refractivity contribution >= 4 is 35.8 Å². The van der Waals surface area contributed by atoms with E-state index >= 15 is 0 Å². The number of pyridine rings is 1. The Balaban J connectivity index is 0.00000364. The maximum atomic E-state index is 11.9. The van der Waals surface area contributed by atoms with Gasteiger partial charge in [0.25, 0.3) is 5.91 Å². The fourth-order valence-corrected chi connectivity index (χ4v) is 2.42. The summed E-state index contributed by atoms with van der Waals surface area (Å²) in [5.74, 6) is 0.654. The molecule has 0 saturated heterocycles. The summed E-state index contributed by atoms with van der Waals surface area (Å²) in [7, 11) is 0. The van der Waals surface area contributed by atoms with Gasteiger partial charge in [-0.1, -0.05) is 30.3 Å². The van der Waals surface area contributed by atoms with Gasteiger partial charge in [0.2, 0.25) is 0 Å². The first-order chi connectivity index (χ1) is 12.8. The maximum Gasteiger partial charge on any atom is 0.252 e. The van der Waals surface area contributed by atoms with Crippen LogP contribution in [0.3, 0.4) is 0 Å². The second kappa shape index (κ2) is 14.0. The summed E-state index contributed by atoms with van der Waals surface area (Å²) in [6.07, 6.45) is 5.22. The van der Waals surface area contributed by atoms with E-state index in [1.165, 1.54) is 5.56 Å². The van der Waals surface area contributed by atoms with Crippen LogP contribution < -0.4 is 16.0 Å². The minimum absolute atomic E-state index is 0. The largest absolute Gasteiger partial charge is 0.357 e. The lowest BCUT2D eigenvalue weighted by Crippen LogP contribution is -2.41. The van der Waals surface area contributed by atoms with E-state index in [4.69, 9.17) is 0 Å². The number of benzene rings is 1. The van der Waals surface area contributed by atoms with Crippen LogP contribution in [-0.2, 0) is 6.42 Å². The zero-order valence-electron chi connectivity index (χ0n) is 15.6. The monoisotopic (exact) mass is 481 g/mol. The Morgan fingerprint density at radius 3 is 2.52 bits per heavy atom. The van der Waals surface area contributed by atoms with Gasteiger partial charge in [-0.2, -0.15) is 0 Å². The van der Waals surface area contributed by atoms with Crippen LogP contribution in [0.1, 0.15) is 29.3 Å². The molecule has 1 aromatic heterocycles. The lowest BCUT2D eigenvalue weighted by atomic mass is 10.1. The molecule has 0 aliphatic heterocycles. The van der Waals surface area contributed by atoms with Crippen molar-refractivity contribution in [3.63, 3.8) is 0 Å². The molecule has 6 nitrogen and oxygen atoms in total. The van der Waals surface area contributed by atoms with Gasteiger partial charge in [-0.15, -0.1) is 24.0 Å². The van der Waals surface area contributed by atoms with Gasteiger partial charge in [0.1, 0.15) is 0 Å². The number of rotatable bonds is 9. The highest BCUT2D eigenvalue weighted by molar-refractivity contribution is 14.0. The summed E-state index contributed by atoms with van der Waals surface area (Å²) in [5, 5.41) is 9.31. The molecule has 7 heteroatoms. The van der Waals surface area contributed by atoms with Crippen LogP contribution >= 0.6 is 24.0 Å². The van der Waals surface area contributed by atoms with Gasteiger partial charge in [-0.25, -0.2) is 0 Å². The Morgan fingerprint density at radius 2 is 1.81 bits per heavy atom. The van der Waals surface area contributed by atoms with Crippen molar-refractivity contribution in [2.45, 2.75) is 19.8 Å². The molecule has 1 aromatic carbocycles. The summed E-state index contributed by atoms with van der Waals surface area (Å²) in [6, 6.07) is 13.9. The zero-order valence-corrected chi connectivity index (χ0v) is 18.0. The molecule has 0 saturated carbocycles. The third-order valence-electron chi connectivity index (χ3n) is 3.71. The number of aliphatic imine (C=N–C) groups is 1. The number of nitrogens with zero attached hydrogens (tertiary/aromatic N) is 2. The van der Waals surface area contributed by atoms with Crippen molar-refractivity contribution in [1.29, 1.82) is 0 Å². The van der Waals surface area contributed by atoms with Crippen molar-refractivity contribution in [1.82, 2.24) is 20.9 Å². The van der Waals surface area contributed by atoms with E-state index in [9.17, 15) is 4.79 Å². The minimum Gasteiger partial charge on any atom is -0.357 e. The second-order valence-electron chi connectivity index (χ2n) is 5.77. The van der Waals surface area contributed by atoms with Gasteiger partial charge in [0.05, 0.1) is 5.56 Å². The zero-order chi connectivity index (χ0) is 18.5. The molecule has 0 aliphatic carbocycles. The minimum atomic E-state index is -0.121. The van der Waals surface area contributed by atoms with Crippen LogP contribution in [0.15, 0.2) is 59.9 Å². The quantitative estimate of drug-likeness (QED) is 0.223. The van der Waals surface area contributed by atoms with E-state index in [0.717, 1.165) is 31.9 Å². The van der Waals surface area contributed by atoms with E-state index in [-0.39, 0.29) is 29.9 Å². The number of halogens is 1. The average Bonchev–Trinajstić information content (AvgIpc) is 2.69. The van der Waals surface area contributed by atoms with Gasteiger partial charge < -0.3 is 16.0 Å². The summed E-state index contributed by atoms with van der Waals surface area (Å²) in [5.41, 5.74) is 1.90. The van der Waals surface area contributed by atoms with Crippen molar-refractivity contribution < 1.29 is 4.79 Å². The van der Waals surface area contributed by atoms with Crippen LogP contribution in [0.2, 0.25) is 0 Å². The van der Waals surface area contributed by atoms with Crippen molar-refractivity contribution in [3.05, 3.63) is 66.0 Å². The molecule has 1 heterocycles. The molecular formula is C20H28IN5O. The first-order valence-corrected chi connectivity index (χ1v) is 9.04. The highest BCUT2D eigenvalue weighted by atomic mass is 127. The molecule has 3 N–H and O–H groups in total. The first-order valence-electron chi connectivity index (χ1n) is 9.04. The van der Waals surface area contributed by atoms with Crippen LogP contribution in [0.25, 0.3) is 0 Å². The molecule has 0 spiro atoms. The van der Waals surface area contributed by atoms with Crippen molar-refractivity contribution in [3.8, 4) is 0 Å². The van der Waals surface area contributed by atoms with E-state index in [2.05, 4.69) is 50.2 Å². The summed E-state index contributed by atoms with van der Waals surface area (Å²) in [4.78, 5) is 20.5. The van der Waals surface area contributed by atoms with E-state index < -0.39 is 0 Å². The lowest BCUT2D eigenvalue weighted by Gasteiger charge is -2.12. The molecule has 0 atom stereocenters. The smallest absolute Gasteiger partial charge is 0.252 e. The van der Waals surface area contributed by atoms with Gasteiger partial charge in [0.15, 0.2) is 5.96 Å². The standard InChI is InChI=1S/C20H27N5O.HI/c1-2-22-20(24-13-6-10-17-8-4-3-5-9-17)25-15-14-23-19(26)18-11-7-12-21-16-18;/h3-5,7-9,11-12,16H,2,6,10,13-15H2,1H3,(H,23,26)(H2,22,24,25);1H. The predicted molar refractivity (Wildman–Crippen MR) is 121 cm³/mol. The number of amides is 1. The molecule has 0 unspecified atom stereocenters. The normalized spacial score (nSPS) is 10.6. The number of hydrogen-bond acceptors (Lipinski definition) is 3. The number of guanidine groups is 1. The van der Waals surface area contributed by atoms with Crippen LogP contribution in [0, 0.1) is 0 Å². The second-order valence-corrected chi connectivity index (χ2v) is 5.77. The molecule has 0 aliphatic rings. The molecular weight excluding hydrogens is 453 g/mol. The molecule has 146 valence electrons. The van der Waals surface area contributed by atoms with E-state index in [0.29, 0.717) is 18.7 Å². The molecule has 0 radical (unpaired) electrons. The molecule has 27 heavy (non-hydrogen) atoms. The summed E-state index contributed by atoms with van der Waals surface area (Å²) < 4.78 is 0. The maximum absolute atomic E-state index is 11.9. The fraction of sp³-hybridized carbons (Fsp3) is 0.350. The number of hydrogen-bond donors (Lipinski definition) is 3. The van der Waals surface area contributed by atoms with E-state index in [1.54, 1.807) is 24.5 Å². The van der Waals surface area contributed by atoms with E-state index in [1.807, 2.05) is 13.0 Å². The number of carbonyl (C=O) groups excluding carboxylic acids is 1. The Bertz CT molecular complexity index is 679. The SMILES string of the molecule is CCNC(=NCCCc1ccccc1)NCCNC(=O)c1cccnc1.I. The van der Waals surface area contributed by atoms with Gasteiger partial charge >= 0.3 is 0 Å². The Kier molecular flexibility index (Phi) is 11.8. The van der Waals surface area contributed by atoms with Crippen molar-refractivity contribution in [2.24, 2.45) is 4.99 Å². The van der Waals surface area contributed by atoms with Crippen LogP contribution in [0.4, 0.5) is 0 Å². The number of nitrogens with one attached hydrogen (secondary N) is 3. The number of carbonyl (C=O) groups is 1. The van der Waals surface area contributed by atoms with Crippen LogP contribution in [0.5, 0.6) is 0 Å². The number of aryl methyl sites for hydroxylation is 1. The summed E-state index contributed by atoms with van der Waals surface area (Å²) >= 11 is 0. The third kappa shape index (κ3) is 9.37. The Labute approximate surface area is 178 Å². The van der Waals surface area contributed by atoms with Crippen LogP contribution in [-0.4, -0.2) is 43.0 Å². The predicted octanol–water partition coefficient (Wildman–Crippen LogP) is 2.62. The fourth-order valence-electron chi connectivity index (χ4n) is 2.42. The molecule has 0 fully saturated rings. The Hall–Kier alpha value is -2.16. The van der Waals surface area contributed by atoms with Gasteiger partial charge in [-0.3, -0.25) is 14.8 Å². The van der Waals surface area contributed by atoms with Gasteiger partial charge in [-0.05, 0) is 37.5 Å². The molecule has 1 amide bonds. The Morgan fingerprint density at radius 1 is 1.04 bits per heavy atom. The topological polar surface area (TPSA) is 78.4 Å². The highest BCUT2D eigenvalue weighted by Crippen LogP contribution is 2.02.